The molecule has 20 heavy (non-hydrogen) atoms. The lowest BCUT2D eigenvalue weighted by atomic mass is 10.1. The maximum absolute atomic E-state index is 4.20. The molecule has 0 spiro atoms. The Labute approximate surface area is 125 Å². The molecule has 0 fully saturated rings. The van der Waals surface area contributed by atoms with Crippen LogP contribution in [0.4, 0.5) is 0 Å². The van der Waals surface area contributed by atoms with Crippen molar-refractivity contribution in [2.24, 2.45) is 7.05 Å². The maximum atomic E-state index is 4.20. The second-order valence-electron chi connectivity index (χ2n) is 4.86. The van der Waals surface area contributed by atoms with E-state index in [1.165, 1.54) is 10.5 Å². The summed E-state index contributed by atoms with van der Waals surface area (Å²) in [6.45, 7) is 7.28. The Balaban J connectivity index is 2.03. The highest BCUT2D eigenvalue weighted by Crippen LogP contribution is 2.25. The van der Waals surface area contributed by atoms with Crippen LogP contribution < -0.4 is 5.32 Å². The lowest BCUT2D eigenvalue weighted by molar-refractivity contribution is 0.597. The predicted molar refractivity (Wildman–Crippen MR) is 83.8 cm³/mol. The van der Waals surface area contributed by atoms with E-state index in [4.69, 9.17) is 0 Å². The van der Waals surface area contributed by atoms with Gasteiger partial charge in [0.15, 0.2) is 0 Å². The smallest absolute Gasteiger partial charge is 0.143 e. The van der Waals surface area contributed by atoms with Crippen LogP contribution in [-0.4, -0.2) is 21.3 Å². The highest BCUT2D eigenvalue weighted by atomic mass is 32.2. The third-order valence-electron chi connectivity index (χ3n) is 3.42. The molecule has 0 aliphatic rings. The fourth-order valence-electron chi connectivity index (χ4n) is 2.02. The van der Waals surface area contributed by atoms with Crippen molar-refractivity contribution in [2.45, 2.75) is 37.5 Å². The minimum atomic E-state index is 0.387. The molecule has 2 rings (SSSR count). The van der Waals surface area contributed by atoms with Crippen molar-refractivity contribution in [2.75, 3.05) is 6.54 Å². The Morgan fingerprint density at radius 3 is 2.80 bits per heavy atom. The maximum Gasteiger partial charge on any atom is 0.143 e. The zero-order valence-electron chi connectivity index (χ0n) is 12.6. The van der Waals surface area contributed by atoms with Gasteiger partial charge in [-0.25, -0.2) is 0 Å². The summed E-state index contributed by atoms with van der Waals surface area (Å²) < 4.78 is 2.04. The van der Waals surface area contributed by atoms with Gasteiger partial charge < -0.3 is 9.88 Å². The molecule has 0 radical (unpaired) electrons. The van der Waals surface area contributed by atoms with Crippen LogP contribution in [0.2, 0.25) is 0 Å². The SMILES string of the molecule is CCNC(C)c1cccc(SCc2nnc(C)n2C)c1. The lowest BCUT2D eigenvalue weighted by Crippen LogP contribution is -2.17. The van der Waals surface area contributed by atoms with Crippen LogP contribution in [0.5, 0.6) is 0 Å². The van der Waals surface area contributed by atoms with E-state index in [2.05, 4.69) is 53.6 Å². The van der Waals surface area contributed by atoms with E-state index in [0.29, 0.717) is 6.04 Å². The average Bonchev–Trinajstić information content (AvgIpc) is 2.77. The summed E-state index contributed by atoms with van der Waals surface area (Å²) in [6.07, 6.45) is 0. The zero-order chi connectivity index (χ0) is 14.5. The Hall–Kier alpha value is -1.33. The summed E-state index contributed by atoms with van der Waals surface area (Å²) in [5.74, 6) is 2.81. The minimum Gasteiger partial charge on any atom is -0.318 e. The molecule has 5 heteroatoms. The molecule has 1 aromatic heterocycles. The lowest BCUT2D eigenvalue weighted by Gasteiger charge is -2.13. The van der Waals surface area contributed by atoms with E-state index in [0.717, 1.165) is 23.9 Å². The Morgan fingerprint density at radius 2 is 2.15 bits per heavy atom. The zero-order valence-corrected chi connectivity index (χ0v) is 13.4. The second-order valence-corrected chi connectivity index (χ2v) is 5.91. The standard InChI is InChI=1S/C15H22N4S/c1-5-16-11(2)13-7-6-8-14(9-13)20-10-15-18-17-12(3)19(15)4/h6-9,11,16H,5,10H2,1-4H3. The topological polar surface area (TPSA) is 42.7 Å². The summed E-state index contributed by atoms with van der Waals surface area (Å²) in [4.78, 5) is 1.27. The van der Waals surface area contributed by atoms with Crippen molar-refractivity contribution in [3.05, 3.63) is 41.5 Å². The van der Waals surface area contributed by atoms with E-state index in [1.54, 1.807) is 11.8 Å². The van der Waals surface area contributed by atoms with Crippen LogP contribution in [0.25, 0.3) is 0 Å². The first-order valence-corrected chi connectivity index (χ1v) is 7.91. The quantitative estimate of drug-likeness (QED) is 0.830. The number of thioether (sulfide) groups is 1. The van der Waals surface area contributed by atoms with Crippen LogP contribution in [0, 0.1) is 6.92 Å². The molecule has 1 aromatic carbocycles. The van der Waals surface area contributed by atoms with Crippen LogP contribution in [-0.2, 0) is 12.8 Å². The van der Waals surface area contributed by atoms with Gasteiger partial charge in [0, 0.05) is 18.0 Å². The summed E-state index contributed by atoms with van der Waals surface area (Å²) in [6, 6.07) is 9.08. The Morgan fingerprint density at radius 1 is 1.35 bits per heavy atom. The molecule has 0 amide bonds. The van der Waals surface area contributed by atoms with Gasteiger partial charge in [-0.2, -0.15) is 0 Å². The summed E-state index contributed by atoms with van der Waals surface area (Å²) in [5, 5.41) is 11.7. The van der Waals surface area contributed by atoms with Gasteiger partial charge in [-0.1, -0.05) is 19.1 Å². The first kappa shape index (κ1) is 15.1. The number of hydrogen-bond acceptors (Lipinski definition) is 4. The first-order valence-electron chi connectivity index (χ1n) is 6.92. The summed E-state index contributed by atoms with van der Waals surface area (Å²) >= 11 is 1.80. The molecule has 0 aliphatic carbocycles. The molecule has 1 N–H and O–H groups in total. The van der Waals surface area contributed by atoms with Gasteiger partial charge in [-0.05, 0) is 38.1 Å². The van der Waals surface area contributed by atoms with Gasteiger partial charge in [0.1, 0.15) is 11.6 Å². The van der Waals surface area contributed by atoms with Gasteiger partial charge >= 0.3 is 0 Å². The van der Waals surface area contributed by atoms with Crippen LogP contribution >= 0.6 is 11.8 Å². The molecule has 2 aromatic rings. The van der Waals surface area contributed by atoms with Gasteiger partial charge in [0.2, 0.25) is 0 Å². The molecule has 1 atom stereocenters. The number of aryl methyl sites for hydroxylation is 1. The van der Waals surface area contributed by atoms with Gasteiger partial charge in [-0.15, -0.1) is 22.0 Å². The Bertz CT molecular complexity index is 565. The average molecular weight is 290 g/mol. The summed E-state index contributed by atoms with van der Waals surface area (Å²) in [7, 11) is 2.01. The number of hydrogen-bond donors (Lipinski definition) is 1. The highest BCUT2D eigenvalue weighted by molar-refractivity contribution is 7.98. The number of aromatic nitrogens is 3. The van der Waals surface area contributed by atoms with E-state index < -0.39 is 0 Å². The van der Waals surface area contributed by atoms with Crippen molar-refractivity contribution in [3.8, 4) is 0 Å². The number of nitrogens with one attached hydrogen (secondary N) is 1. The molecule has 0 bridgehead atoms. The van der Waals surface area contributed by atoms with Crippen molar-refractivity contribution < 1.29 is 0 Å². The van der Waals surface area contributed by atoms with E-state index in [1.807, 2.05) is 18.5 Å². The third kappa shape index (κ3) is 3.61. The second kappa shape index (κ2) is 6.90. The fourth-order valence-corrected chi connectivity index (χ4v) is 2.96. The normalized spacial score (nSPS) is 12.6. The largest absolute Gasteiger partial charge is 0.318 e. The third-order valence-corrected chi connectivity index (χ3v) is 4.41. The number of rotatable bonds is 6. The van der Waals surface area contributed by atoms with Crippen LogP contribution in [0.15, 0.2) is 29.2 Å². The molecule has 1 heterocycles. The monoisotopic (exact) mass is 290 g/mol. The van der Waals surface area contributed by atoms with Gasteiger partial charge in [0.25, 0.3) is 0 Å². The summed E-state index contributed by atoms with van der Waals surface area (Å²) in [5.41, 5.74) is 1.32. The molecular formula is C15H22N4S. The van der Waals surface area contributed by atoms with E-state index >= 15 is 0 Å². The first-order chi connectivity index (χ1) is 9.61. The number of nitrogens with zero attached hydrogens (tertiary/aromatic N) is 3. The molecular weight excluding hydrogens is 268 g/mol. The van der Waals surface area contributed by atoms with Gasteiger partial charge in [0.05, 0.1) is 5.75 Å². The van der Waals surface area contributed by atoms with Crippen LogP contribution in [0.1, 0.15) is 37.1 Å². The van der Waals surface area contributed by atoms with E-state index in [-0.39, 0.29) is 0 Å². The van der Waals surface area contributed by atoms with Crippen molar-refractivity contribution in [1.29, 1.82) is 0 Å². The van der Waals surface area contributed by atoms with E-state index in [9.17, 15) is 0 Å². The number of benzene rings is 1. The van der Waals surface area contributed by atoms with Gasteiger partial charge in [-0.3, -0.25) is 0 Å². The van der Waals surface area contributed by atoms with Crippen LogP contribution in [0.3, 0.4) is 0 Å². The minimum absolute atomic E-state index is 0.387. The van der Waals surface area contributed by atoms with Crippen molar-refractivity contribution in [1.82, 2.24) is 20.1 Å². The molecule has 0 saturated carbocycles. The molecule has 0 saturated heterocycles. The molecule has 108 valence electrons. The molecule has 4 nitrogen and oxygen atoms in total. The van der Waals surface area contributed by atoms with Crippen molar-refractivity contribution >= 4 is 11.8 Å². The fraction of sp³-hybridized carbons (Fsp3) is 0.467. The highest BCUT2D eigenvalue weighted by Gasteiger charge is 2.07. The van der Waals surface area contributed by atoms with Crippen molar-refractivity contribution in [3.63, 3.8) is 0 Å². The predicted octanol–water partition coefficient (Wildman–Crippen LogP) is 3.09. The Kier molecular flexibility index (Phi) is 5.20. The molecule has 1 unspecified atom stereocenters. The molecule has 0 aliphatic heterocycles.